The topological polar surface area (TPSA) is 25.0 Å². The van der Waals surface area contributed by atoms with E-state index in [0.717, 1.165) is 52.4 Å². The van der Waals surface area contributed by atoms with Crippen molar-refractivity contribution in [1.82, 2.24) is 24.9 Å². The monoisotopic (exact) mass is 526 g/mol. The van der Waals surface area contributed by atoms with Gasteiger partial charge in [-0.3, -0.25) is 19.6 Å². The Balaban J connectivity index is 5.14. The highest BCUT2D eigenvalue weighted by Crippen LogP contribution is 2.26. The Morgan fingerprint density at radius 1 is 0.324 bits per heavy atom. The van der Waals surface area contributed by atoms with Gasteiger partial charge in [0.05, 0.1) is 0 Å². The first-order chi connectivity index (χ1) is 16.2. The largest absolute Gasteiger partial charge is 0.314 e. The predicted octanol–water partition coefficient (Wildman–Crippen LogP) is 6.58. The highest BCUT2D eigenvalue weighted by atomic mass is 15.3. The van der Waals surface area contributed by atoms with E-state index in [4.69, 9.17) is 0 Å². The van der Waals surface area contributed by atoms with Gasteiger partial charge in [-0.1, -0.05) is 0 Å². The molecule has 0 rings (SSSR count). The molecule has 0 unspecified atom stereocenters. The molecule has 5 heteroatoms. The highest BCUT2D eigenvalue weighted by molar-refractivity contribution is 4.90. The van der Waals surface area contributed by atoms with Crippen LogP contribution in [-0.4, -0.2) is 105 Å². The zero-order chi connectivity index (χ0) is 29.7. The fraction of sp³-hybridized carbons (Fsp3) is 1.00. The Hall–Kier alpha value is -0.200. The van der Waals surface area contributed by atoms with Gasteiger partial charge >= 0.3 is 0 Å². The molecule has 37 heavy (non-hydrogen) atoms. The van der Waals surface area contributed by atoms with Crippen molar-refractivity contribution in [1.29, 1.82) is 0 Å². The number of nitrogens with one attached hydrogen (secondary N) is 1. The maximum absolute atomic E-state index is 3.75. The minimum Gasteiger partial charge on any atom is -0.314 e. The Morgan fingerprint density at radius 3 is 0.919 bits per heavy atom. The molecule has 0 fully saturated rings. The molecule has 0 amide bonds. The van der Waals surface area contributed by atoms with Crippen LogP contribution in [0.15, 0.2) is 0 Å². The lowest BCUT2D eigenvalue weighted by Crippen LogP contribution is -2.57. The van der Waals surface area contributed by atoms with Crippen LogP contribution in [-0.2, 0) is 0 Å². The van der Waals surface area contributed by atoms with E-state index in [1.807, 2.05) is 0 Å². The lowest BCUT2D eigenvalue weighted by atomic mass is 9.95. The van der Waals surface area contributed by atoms with E-state index in [2.05, 4.69) is 150 Å². The van der Waals surface area contributed by atoms with Crippen LogP contribution in [0.1, 0.15) is 125 Å². The Kier molecular flexibility index (Phi) is 13.4. The molecule has 0 aliphatic heterocycles. The van der Waals surface area contributed by atoms with E-state index in [0.29, 0.717) is 0 Å². The zero-order valence-electron chi connectivity index (χ0n) is 28.9. The van der Waals surface area contributed by atoms with Crippen LogP contribution < -0.4 is 5.32 Å². The summed E-state index contributed by atoms with van der Waals surface area (Å²) in [6, 6.07) is 0. The summed E-state index contributed by atoms with van der Waals surface area (Å²) in [6.07, 6.45) is 0. The Bertz CT molecular complexity index is 601. The second-order valence-electron chi connectivity index (χ2n) is 17.1. The molecular weight excluding hydrogens is 454 g/mol. The maximum atomic E-state index is 3.75. The SMILES string of the molecule is CC(C)(C)N(CCNCCN(C(C)(C)C)C(C)(C)C)CCN(CCN(C(C)(C)C)C(C)(C)C)C(C)(C)C. The Labute approximate surface area is 235 Å². The summed E-state index contributed by atoms with van der Waals surface area (Å²) in [4.78, 5) is 10.6. The summed E-state index contributed by atoms with van der Waals surface area (Å²) < 4.78 is 0. The average molecular weight is 526 g/mol. The van der Waals surface area contributed by atoms with Crippen LogP contribution in [0.2, 0.25) is 0 Å². The van der Waals surface area contributed by atoms with Crippen LogP contribution >= 0.6 is 0 Å². The molecule has 0 spiro atoms. The van der Waals surface area contributed by atoms with E-state index in [9.17, 15) is 0 Å². The van der Waals surface area contributed by atoms with Gasteiger partial charge in [0.2, 0.25) is 0 Å². The third kappa shape index (κ3) is 14.1. The van der Waals surface area contributed by atoms with Gasteiger partial charge in [-0.15, -0.1) is 0 Å². The van der Waals surface area contributed by atoms with E-state index in [-0.39, 0.29) is 33.2 Å². The van der Waals surface area contributed by atoms with Crippen LogP contribution in [0.3, 0.4) is 0 Å². The molecule has 224 valence electrons. The minimum atomic E-state index is 0.145. The molecular formula is C32H71N5. The lowest BCUT2D eigenvalue weighted by molar-refractivity contribution is 0.0109. The molecule has 0 atom stereocenters. The number of nitrogens with zero attached hydrogens (tertiary/aromatic N) is 4. The van der Waals surface area contributed by atoms with Gasteiger partial charge in [-0.25, -0.2) is 0 Å². The molecule has 0 heterocycles. The average Bonchev–Trinajstić information content (AvgIpc) is 2.58. The van der Waals surface area contributed by atoms with Gasteiger partial charge in [0, 0.05) is 85.6 Å². The first kappa shape index (κ1) is 36.8. The van der Waals surface area contributed by atoms with Crippen LogP contribution in [0.5, 0.6) is 0 Å². The molecule has 0 saturated heterocycles. The molecule has 0 radical (unpaired) electrons. The van der Waals surface area contributed by atoms with E-state index in [1.54, 1.807) is 0 Å². The summed E-state index contributed by atoms with van der Waals surface area (Å²) in [5.74, 6) is 0. The minimum absolute atomic E-state index is 0.145. The van der Waals surface area contributed by atoms with Crippen molar-refractivity contribution in [3.8, 4) is 0 Å². The third-order valence-electron chi connectivity index (χ3n) is 7.44. The summed E-state index contributed by atoms with van der Waals surface area (Å²) >= 11 is 0. The van der Waals surface area contributed by atoms with Crippen molar-refractivity contribution in [3.63, 3.8) is 0 Å². The molecule has 0 aliphatic rings. The van der Waals surface area contributed by atoms with Crippen LogP contribution in [0.25, 0.3) is 0 Å². The molecule has 1 N–H and O–H groups in total. The fourth-order valence-corrected chi connectivity index (χ4v) is 5.91. The molecule has 0 saturated carbocycles. The van der Waals surface area contributed by atoms with Gasteiger partial charge in [0.1, 0.15) is 0 Å². The predicted molar refractivity (Wildman–Crippen MR) is 168 cm³/mol. The van der Waals surface area contributed by atoms with Crippen molar-refractivity contribution >= 4 is 0 Å². The molecule has 0 aromatic heterocycles. The number of hydrogen-bond acceptors (Lipinski definition) is 5. The van der Waals surface area contributed by atoms with Crippen molar-refractivity contribution < 1.29 is 0 Å². The highest BCUT2D eigenvalue weighted by Gasteiger charge is 2.33. The van der Waals surface area contributed by atoms with Crippen molar-refractivity contribution in [2.45, 2.75) is 158 Å². The van der Waals surface area contributed by atoms with Crippen molar-refractivity contribution in [2.75, 3.05) is 52.4 Å². The van der Waals surface area contributed by atoms with E-state index in [1.165, 1.54) is 0 Å². The van der Waals surface area contributed by atoms with Crippen molar-refractivity contribution in [3.05, 3.63) is 0 Å². The maximum Gasteiger partial charge on any atom is 0.0130 e. The first-order valence-electron chi connectivity index (χ1n) is 14.9. The normalized spacial score (nSPS) is 15.1. The first-order valence-corrected chi connectivity index (χ1v) is 14.9. The fourth-order valence-electron chi connectivity index (χ4n) is 5.91. The summed E-state index contributed by atoms with van der Waals surface area (Å²) in [6.45, 7) is 50.7. The van der Waals surface area contributed by atoms with Crippen LogP contribution in [0, 0.1) is 0 Å². The second-order valence-corrected chi connectivity index (χ2v) is 17.1. The quantitative estimate of drug-likeness (QED) is 0.290. The smallest absolute Gasteiger partial charge is 0.0130 e. The summed E-state index contributed by atoms with van der Waals surface area (Å²) in [7, 11) is 0. The van der Waals surface area contributed by atoms with Gasteiger partial charge in [-0.05, 0) is 125 Å². The second kappa shape index (κ2) is 13.4. The van der Waals surface area contributed by atoms with E-state index >= 15 is 0 Å². The summed E-state index contributed by atoms with van der Waals surface area (Å²) in [5, 5.41) is 3.75. The van der Waals surface area contributed by atoms with Gasteiger partial charge in [0.25, 0.3) is 0 Å². The van der Waals surface area contributed by atoms with Gasteiger partial charge in [-0.2, -0.15) is 0 Å². The standard InChI is InChI=1S/C32H71N5/c1-27(2,3)34(21-19-33-20-22-36(29(7,8)9)30(10,11)12)23-24-35(28(4,5)6)25-26-37(31(13,14)15)32(16,17)18/h33H,19-26H2,1-18H3. The zero-order valence-corrected chi connectivity index (χ0v) is 28.9. The lowest BCUT2D eigenvalue weighted by Gasteiger charge is -2.48. The third-order valence-corrected chi connectivity index (χ3v) is 7.44. The Morgan fingerprint density at radius 2 is 0.595 bits per heavy atom. The van der Waals surface area contributed by atoms with Gasteiger partial charge in [0.15, 0.2) is 0 Å². The van der Waals surface area contributed by atoms with Crippen molar-refractivity contribution in [2.24, 2.45) is 0 Å². The molecule has 0 aliphatic carbocycles. The van der Waals surface area contributed by atoms with Crippen LogP contribution in [0.4, 0.5) is 0 Å². The molecule has 0 aromatic carbocycles. The molecule has 0 aromatic rings. The number of rotatable bonds is 12. The van der Waals surface area contributed by atoms with E-state index < -0.39 is 0 Å². The summed E-state index contributed by atoms with van der Waals surface area (Å²) in [5.41, 5.74) is 0.942. The number of hydrogen-bond donors (Lipinski definition) is 1. The molecule has 5 nitrogen and oxygen atoms in total. The van der Waals surface area contributed by atoms with Gasteiger partial charge < -0.3 is 5.32 Å². The molecule has 0 bridgehead atoms.